The molecule has 0 spiro atoms. The molecule has 0 saturated heterocycles. The normalized spacial score (nSPS) is 16.4. The van der Waals surface area contributed by atoms with Crippen LogP contribution in [0.4, 0.5) is 5.69 Å². The molecule has 0 radical (unpaired) electrons. The van der Waals surface area contributed by atoms with E-state index in [4.69, 9.17) is 0 Å². The number of hydrogen-bond acceptors (Lipinski definition) is 2. The van der Waals surface area contributed by atoms with E-state index in [1.54, 1.807) is 11.9 Å². The summed E-state index contributed by atoms with van der Waals surface area (Å²) in [5, 5.41) is 0. The Morgan fingerprint density at radius 1 is 1.39 bits per heavy atom. The Morgan fingerprint density at radius 3 is 2.78 bits per heavy atom. The number of hydrogen-bond donors (Lipinski definition) is 0. The van der Waals surface area contributed by atoms with Crippen molar-refractivity contribution in [2.45, 2.75) is 33.1 Å². The minimum Gasteiger partial charge on any atom is -0.315 e. The highest BCUT2D eigenvalue weighted by molar-refractivity contribution is 6.00. The smallest absolute Gasteiger partial charge is 0.227 e. The van der Waals surface area contributed by atoms with Gasteiger partial charge in [-0.1, -0.05) is 13.8 Å². The number of nitrogens with zero attached hydrogens (tertiary/aromatic N) is 1. The minimum absolute atomic E-state index is 0.0611. The lowest BCUT2D eigenvalue weighted by Gasteiger charge is -2.26. The van der Waals surface area contributed by atoms with E-state index in [1.165, 1.54) is 0 Å². The van der Waals surface area contributed by atoms with E-state index in [1.807, 2.05) is 32.0 Å². The monoisotopic (exact) mass is 245 g/mol. The van der Waals surface area contributed by atoms with E-state index in [0.29, 0.717) is 6.42 Å². The Labute approximate surface area is 108 Å². The summed E-state index contributed by atoms with van der Waals surface area (Å²) < 4.78 is 0. The Kier molecular flexibility index (Phi) is 3.50. The van der Waals surface area contributed by atoms with Crippen molar-refractivity contribution < 1.29 is 9.59 Å². The predicted octanol–water partition coefficient (Wildman–Crippen LogP) is 2.82. The number of aryl methyl sites for hydroxylation is 1. The highest BCUT2D eigenvalue weighted by Gasteiger charge is 2.22. The lowest BCUT2D eigenvalue weighted by atomic mass is 9.93. The highest BCUT2D eigenvalue weighted by Crippen LogP contribution is 2.28. The van der Waals surface area contributed by atoms with E-state index in [0.717, 1.165) is 29.7 Å². The number of benzene rings is 1. The van der Waals surface area contributed by atoms with Crippen molar-refractivity contribution >= 4 is 17.4 Å². The molecule has 0 N–H and O–H groups in total. The number of carbonyl (C=O) groups excluding carboxylic acids is 2. The number of anilines is 1. The van der Waals surface area contributed by atoms with E-state index in [-0.39, 0.29) is 17.6 Å². The van der Waals surface area contributed by atoms with Crippen LogP contribution in [0, 0.1) is 5.92 Å². The molecule has 1 aromatic rings. The first-order valence-corrected chi connectivity index (χ1v) is 6.48. The van der Waals surface area contributed by atoms with Crippen molar-refractivity contribution in [1.82, 2.24) is 0 Å². The molecule has 3 nitrogen and oxygen atoms in total. The maximum atomic E-state index is 12.1. The molecule has 1 atom stereocenters. The first-order valence-electron chi connectivity index (χ1n) is 6.48. The van der Waals surface area contributed by atoms with Crippen LogP contribution in [0.2, 0.25) is 0 Å². The van der Waals surface area contributed by atoms with Crippen LogP contribution in [-0.2, 0) is 11.2 Å². The number of fused-ring (bicyclic) bond motifs is 1. The van der Waals surface area contributed by atoms with Crippen LogP contribution in [0.15, 0.2) is 18.2 Å². The van der Waals surface area contributed by atoms with E-state index in [9.17, 15) is 9.59 Å². The number of carbonyl (C=O) groups is 2. The Morgan fingerprint density at radius 2 is 2.11 bits per heavy atom. The molecule has 3 heteroatoms. The second-order valence-corrected chi connectivity index (χ2v) is 4.97. The average molecular weight is 245 g/mol. The molecule has 0 saturated carbocycles. The van der Waals surface area contributed by atoms with Gasteiger partial charge in [-0.3, -0.25) is 9.59 Å². The molecule has 1 aliphatic heterocycles. The molecule has 0 bridgehead atoms. The third kappa shape index (κ3) is 2.17. The maximum Gasteiger partial charge on any atom is 0.227 e. The molecule has 96 valence electrons. The van der Waals surface area contributed by atoms with Crippen LogP contribution in [0.3, 0.4) is 0 Å². The summed E-state index contributed by atoms with van der Waals surface area (Å²) in [6.45, 7) is 3.98. The fraction of sp³-hybridized carbons (Fsp3) is 0.467. The van der Waals surface area contributed by atoms with Crippen molar-refractivity contribution in [3.05, 3.63) is 29.3 Å². The second kappa shape index (κ2) is 4.92. The van der Waals surface area contributed by atoms with Crippen LogP contribution < -0.4 is 4.90 Å². The van der Waals surface area contributed by atoms with Crippen molar-refractivity contribution in [2.75, 3.05) is 11.9 Å². The third-order valence-electron chi connectivity index (χ3n) is 3.77. The van der Waals surface area contributed by atoms with Crippen LogP contribution in [0.5, 0.6) is 0 Å². The summed E-state index contributed by atoms with van der Waals surface area (Å²) in [7, 11) is 1.79. The SMILES string of the molecule is CCC(C)C(=O)c1ccc2c(c1)CCC(=O)N2C. The molecular formula is C15H19NO2. The Bertz CT molecular complexity index is 493. The average Bonchev–Trinajstić information content (AvgIpc) is 2.41. The van der Waals surface area contributed by atoms with E-state index < -0.39 is 0 Å². The Balaban J connectivity index is 2.34. The van der Waals surface area contributed by atoms with E-state index >= 15 is 0 Å². The maximum absolute atomic E-state index is 12.1. The van der Waals surface area contributed by atoms with Gasteiger partial charge in [0, 0.05) is 30.6 Å². The van der Waals surface area contributed by atoms with Crippen LogP contribution in [0.25, 0.3) is 0 Å². The zero-order chi connectivity index (χ0) is 13.3. The summed E-state index contributed by atoms with van der Waals surface area (Å²) in [5.74, 6) is 0.398. The van der Waals surface area contributed by atoms with Gasteiger partial charge in [0.15, 0.2) is 5.78 Å². The molecule has 18 heavy (non-hydrogen) atoms. The largest absolute Gasteiger partial charge is 0.315 e. The van der Waals surface area contributed by atoms with Crippen LogP contribution in [-0.4, -0.2) is 18.7 Å². The first-order chi connectivity index (χ1) is 8.54. The zero-order valence-electron chi connectivity index (χ0n) is 11.2. The van der Waals surface area contributed by atoms with Gasteiger partial charge in [-0.05, 0) is 36.6 Å². The van der Waals surface area contributed by atoms with Gasteiger partial charge in [0.25, 0.3) is 0 Å². The van der Waals surface area contributed by atoms with Gasteiger partial charge in [-0.25, -0.2) is 0 Å². The topological polar surface area (TPSA) is 37.4 Å². The molecular weight excluding hydrogens is 226 g/mol. The fourth-order valence-corrected chi connectivity index (χ4v) is 2.28. The number of amides is 1. The third-order valence-corrected chi connectivity index (χ3v) is 3.77. The molecule has 0 aromatic heterocycles. The summed E-state index contributed by atoms with van der Waals surface area (Å²) in [4.78, 5) is 25.4. The van der Waals surface area contributed by atoms with Crippen molar-refractivity contribution in [1.29, 1.82) is 0 Å². The summed E-state index contributed by atoms with van der Waals surface area (Å²) in [6, 6.07) is 5.68. The quantitative estimate of drug-likeness (QED) is 0.768. The summed E-state index contributed by atoms with van der Waals surface area (Å²) >= 11 is 0. The number of ketones is 1. The number of rotatable bonds is 3. The van der Waals surface area contributed by atoms with E-state index in [2.05, 4.69) is 0 Å². The lowest BCUT2D eigenvalue weighted by Crippen LogP contribution is -2.31. The highest BCUT2D eigenvalue weighted by atomic mass is 16.2. The lowest BCUT2D eigenvalue weighted by molar-refractivity contribution is -0.118. The van der Waals surface area contributed by atoms with Gasteiger partial charge in [-0.15, -0.1) is 0 Å². The number of Topliss-reactive ketones (excluding diaryl/α,β-unsaturated/α-hetero) is 1. The zero-order valence-corrected chi connectivity index (χ0v) is 11.2. The predicted molar refractivity (Wildman–Crippen MR) is 72.0 cm³/mol. The molecule has 0 aliphatic carbocycles. The fourth-order valence-electron chi connectivity index (χ4n) is 2.28. The van der Waals surface area contributed by atoms with Gasteiger partial charge >= 0.3 is 0 Å². The van der Waals surface area contributed by atoms with Gasteiger partial charge in [0.1, 0.15) is 0 Å². The molecule has 0 fully saturated rings. The van der Waals surface area contributed by atoms with Gasteiger partial charge in [0.2, 0.25) is 5.91 Å². The molecule has 1 amide bonds. The van der Waals surface area contributed by atoms with Crippen molar-refractivity contribution in [2.24, 2.45) is 5.92 Å². The first kappa shape index (κ1) is 12.8. The van der Waals surface area contributed by atoms with Gasteiger partial charge in [0.05, 0.1) is 0 Å². The minimum atomic E-state index is 0.0611. The molecule has 1 heterocycles. The van der Waals surface area contributed by atoms with Crippen LogP contribution >= 0.6 is 0 Å². The van der Waals surface area contributed by atoms with Crippen molar-refractivity contribution in [3.8, 4) is 0 Å². The van der Waals surface area contributed by atoms with Crippen molar-refractivity contribution in [3.63, 3.8) is 0 Å². The van der Waals surface area contributed by atoms with Gasteiger partial charge < -0.3 is 4.90 Å². The molecule has 2 rings (SSSR count). The van der Waals surface area contributed by atoms with Gasteiger partial charge in [-0.2, -0.15) is 0 Å². The summed E-state index contributed by atoms with van der Waals surface area (Å²) in [6.07, 6.45) is 2.12. The summed E-state index contributed by atoms with van der Waals surface area (Å²) in [5.41, 5.74) is 2.81. The van der Waals surface area contributed by atoms with Crippen LogP contribution in [0.1, 0.15) is 42.6 Å². The molecule has 1 aromatic carbocycles. The Hall–Kier alpha value is -1.64. The second-order valence-electron chi connectivity index (χ2n) is 4.97. The standard InChI is InChI=1S/C15H19NO2/c1-4-10(2)15(18)12-5-7-13-11(9-12)6-8-14(17)16(13)3/h5,7,9-10H,4,6,8H2,1-3H3. The molecule has 1 aliphatic rings. The molecule has 1 unspecified atom stereocenters.